The number of anilines is 3. The van der Waals surface area contributed by atoms with Crippen LogP contribution in [0, 0.1) is 0 Å². The van der Waals surface area contributed by atoms with Crippen molar-refractivity contribution in [1.29, 1.82) is 0 Å². The van der Waals surface area contributed by atoms with Crippen LogP contribution in [0.4, 0.5) is 17.8 Å². The number of unbranched alkanes of at least 4 members (excludes halogenated alkanes) is 4. The van der Waals surface area contributed by atoms with Crippen molar-refractivity contribution >= 4 is 17.8 Å². The second-order valence-electron chi connectivity index (χ2n) is 5.58. The van der Waals surface area contributed by atoms with Crippen molar-refractivity contribution in [3.8, 4) is 0 Å². The van der Waals surface area contributed by atoms with E-state index < -0.39 is 0 Å². The fourth-order valence-corrected chi connectivity index (χ4v) is 1.98. The lowest BCUT2D eigenvalue weighted by Crippen LogP contribution is -2.14. The van der Waals surface area contributed by atoms with E-state index in [9.17, 15) is 0 Å². The Kier molecular flexibility index (Phi) is 10.9. The smallest absolute Gasteiger partial charge is 0.229 e. The van der Waals surface area contributed by atoms with Gasteiger partial charge in [0.05, 0.1) is 0 Å². The summed E-state index contributed by atoms with van der Waals surface area (Å²) in [5.41, 5.74) is 0. The highest BCUT2D eigenvalue weighted by Gasteiger charge is 2.05. The molecule has 7 nitrogen and oxygen atoms in total. The minimum Gasteiger partial charge on any atom is -0.396 e. The zero-order valence-corrected chi connectivity index (χ0v) is 14.6. The van der Waals surface area contributed by atoms with Crippen molar-refractivity contribution in [2.24, 2.45) is 0 Å². The first kappa shape index (κ1) is 19.4. The van der Waals surface area contributed by atoms with Gasteiger partial charge < -0.3 is 21.1 Å². The molecule has 0 bridgehead atoms. The maximum absolute atomic E-state index is 8.79. The molecule has 0 unspecified atom stereocenters. The largest absolute Gasteiger partial charge is 0.396 e. The minimum absolute atomic E-state index is 0.253. The molecule has 1 aromatic heterocycles. The first-order valence-electron chi connectivity index (χ1n) is 8.88. The van der Waals surface area contributed by atoms with Crippen LogP contribution in [0.15, 0.2) is 0 Å². The van der Waals surface area contributed by atoms with Gasteiger partial charge in [0.15, 0.2) is 0 Å². The van der Waals surface area contributed by atoms with Gasteiger partial charge in [0.25, 0.3) is 0 Å². The van der Waals surface area contributed by atoms with Crippen molar-refractivity contribution in [2.45, 2.75) is 58.8 Å². The van der Waals surface area contributed by atoms with Crippen LogP contribution in [-0.2, 0) is 0 Å². The highest BCUT2D eigenvalue weighted by molar-refractivity contribution is 5.42. The average Bonchev–Trinajstić information content (AvgIpc) is 2.55. The summed E-state index contributed by atoms with van der Waals surface area (Å²) in [5.74, 6) is 1.83. The van der Waals surface area contributed by atoms with Crippen molar-refractivity contribution in [1.82, 2.24) is 15.0 Å². The molecule has 0 saturated carbocycles. The van der Waals surface area contributed by atoms with Gasteiger partial charge in [0.2, 0.25) is 17.8 Å². The van der Waals surface area contributed by atoms with E-state index in [1.807, 2.05) is 0 Å². The molecular formula is C16H32N6O. The summed E-state index contributed by atoms with van der Waals surface area (Å²) < 4.78 is 0. The van der Waals surface area contributed by atoms with Gasteiger partial charge in [-0.15, -0.1) is 0 Å². The summed E-state index contributed by atoms with van der Waals surface area (Å²) in [5, 5.41) is 18.5. The van der Waals surface area contributed by atoms with E-state index in [1.54, 1.807) is 0 Å². The average molecular weight is 324 g/mol. The molecule has 4 N–H and O–H groups in total. The number of rotatable bonds is 14. The molecule has 0 atom stereocenters. The number of aromatic nitrogens is 3. The molecule has 0 aliphatic carbocycles. The zero-order chi connectivity index (χ0) is 16.8. The standard InChI is InChI=1S/C16H32N6O/c1-3-5-10-17-14-20-15(18-11-6-4-2)22-16(21-14)19-12-8-7-9-13-23/h23H,3-13H2,1-2H3,(H3,17,18,19,20,21,22). The number of nitrogens with one attached hydrogen (secondary N) is 3. The molecule has 132 valence electrons. The van der Waals surface area contributed by atoms with Gasteiger partial charge in [-0.05, 0) is 32.1 Å². The van der Waals surface area contributed by atoms with Gasteiger partial charge >= 0.3 is 0 Å². The Hall–Kier alpha value is -1.63. The predicted molar refractivity (Wildman–Crippen MR) is 96.0 cm³/mol. The lowest BCUT2D eigenvalue weighted by molar-refractivity contribution is 0.283. The summed E-state index contributed by atoms with van der Waals surface area (Å²) in [6.45, 7) is 7.10. The Morgan fingerprint density at radius 2 is 1.09 bits per heavy atom. The van der Waals surface area contributed by atoms with Crippen molar-refractivity contribution in [2.75, 3.05) is 42.2 Å². The Morgan fingerprint density at radius 1 is 0.652 bits per heavy atom. The molecule has 7 heteroatoms. The highest BCUT2D eigenvalue weighted by Crippen LogP contribution is 2.10. The second-order valence-corrected chi connectivity index (χ2v) is 5.58. The van der Waals surface area contributed by atoms with E-state index in [4.69, 9.17) is 5.11 Å². The SMILES string of the molecule is CCCCNc1nc(NCCCC)nc(NCCCCCO)n1. The Balaban J connectivity index is 2.57. The monoisotopic (exact) mass is 324 g/mol. The third kappa shape index (κ3) is 9.18. The fourth-order valence-electron chi connectivity index (χ4n) is 1.98. The molecule has 1 aromatic rings. The van der Waals surface area contributed by atoms with E-state index in [-0.39, 0.29) is 6.61 Å². The van der Waals surface area contributed by atoms with E-state index in [1.165, 1.54) is 0 Å². The van der Waals surface area contributed by atoms with Gasteiger partial charge in [0, 0.05) is 26.2 Å². The molecule has 0 aliphatic heterocycles. The van der Waals surface area contributed by atoms with Crippen LogP contribution >= 0.6 is 0 Å². The molecule has 0 radical (unpaired) electrons. The van der Waals surface area contributed by atoms with Gasteiger partial charge in [-0.2, -0.15) is 15.0 Å². The normalized spacial score (nSPS) is 10.6. The molecule has 23 heavy (non-hydrogen) atoms. The number of hydrogen-bond acceptors (Lipinski definition) is 7. The van der Waals surface area contributed by atoms with Crippen LogP contribution < -0.4 is 16.0 Å². The van der Waals surface area contributed by atoms with Crippen molar-refractivity contribution in [3.63, 3.8) is 0 Å². The van der Waals surface area contributed by atoms with Crippen LogP contribution in [0.5, 0.6) is 0 Å². The predicted octanol–water partition coefficient (Wildman–Crippen LogP) is 2.87. The topological polar surface area (TPSA) is 95.0 Å². The molecule has 0 aliphatic rings. The molecule has 0 saturated heterocycles. The summed E-state index contributed by atoms with van der Waals surface area (Å²) in [7, 11) is 0. The molecule has 0 aromatic carbocycles. The maximum Gasteiger partial charge on any atom is 0.229 e. The first-order valence-corrected chi connectivity index (χ1v) is 8.88. The molecule has 0 spiro atoms. The molecule has 0 fully saturated rings. The van der Waals surface area contributed by atoms with Crippen LogP contribution in [0.25, 0.3) is 0 Å². The summed E-state index contributed by atoms with van der Waals surface area (Å²) in [6, 6.07) is 0. The lowest BCUT2D eigenvalue weighted by Gasteiger charge is -2.11. The van der Waals surface area contributed by atoms with E-state index in [0.29, 0.717) is 17.8 Å². The number of hydrogen-bond donors (Lipinski definition) is 4. The van der Waals surface area contributed by atoms with Gasteiger partial charge in [-0.1, -0.05) is 26.7 Å². The molecule has 1 heterocycles. The number of aliphatic hydroxyl groups excluding tert-OH is 1. The van der Waals surface area contributed by atoms with Crippen LogP contribution in [0.3, 0.4) is 0 Å². The fraction of sp³-hybridized carbons (Fsp3) is 0.812. The lowest BCUT2D eigenvalue weighted by atomic mass is 10.2. The van der Waals surface area contributed by atoms with E-state index in [2.05, 4.69) is 44.7 Å². The third-order valence-corrected chi connectivity index (χ3v) is 3.38. The van der Waals surface area contributed by atoms with Crippen LogP contribution in [0.1, 0.15) is 58.8 Å². The van der Waals surface area contributed by atoms with Gasteiger partial charge in [-0.25, -0.2) is 0 Å². The summed E-state index contributed by atoms with van der Waals surface area (Å²) in [6.07, 6.45) is 7.28. The molecule has 0 amide bonds. The van der Waals surface area contributed by atoms with Crippen molar-refractivity contribution in [3.05, 3.63) is 0 Å². The zero-order valence-electron chi connectivity index (χ0n) is 14.6. The maximum atomic E-state index is 8.79. The molecule has 1 rings (SSSR count). The Labute approximate surface area is 139 Å². The Morgan fingerprint density at radius 3 is 1.48 bits per heavy atom. The third-order valence-electron chi connectivity index (χ3n) is 3.38. The first-order chi connectivity index (χ1) is 11.3. The Bertz CT molecular complexity index is 387. The molecular weight excluding hydrogens is 292 g/mol. The van der Waals surface area contributed by atoms with Crippen LogP contribution in [0.2, 0.25) is 0 Å². The van der Waals surface area contributed by atoms with Gasteiger partial charge in [-0.3, -0.25) is 0 Å². The van der Waals surface area contributed by atoms with Gasteiger partial charge in [0.1, 0.15) is 0 Å². The summed E-state index contributed by atoms with van der Waals surface area (Å²) >= 11 is 0. The highest BCUT2D eigenvalue weighted by atomic mass is 16.2. The van der Waals surface area contributed by atoms with Crippen LogP contribution in [-0.4, -0.2) is 46.3 Å². The minimum atomic E-state index is 0.253. The van der Waals surface area contributed by atoms with E-state index in [0.717, 1.165) is 64.6 Å². The van der Waals surface area contributed by atoms with Crippen molar-refractivity contribution < 1.29 is 5.11 Å². The van der Waals surface area contributed by atoms with E-state index >= 15 is 0 Å². The summed E-state index contributed by atoms with van der Waals surface area (Å²) in [4.78, 5) is 13.3. The second kappa shape index (κ2) is 12.9. The number of nitrogens with zero attached hydrogens (tertiary/aromatic N) is 3. The number of aliphatic hydroxyl groups is 1. The quantitative estimate of drug-likeness (QED) is 0.391.